The number of hydrogen-bond acceptors (Lipinski definition) is 3. The van der Waals surface area contributed by atoms with Crippen molar-refractivity contribution in [2.45, 2.75) is 32.2 Å². The number of rotatable bonds is 7. The van der Waals surface area contributed by atoms with Crippen molar-refractivity contribution in [3.05, 3.63) is 65.5 Å². The van der Waals surface area contributed by atoms with Gasteiger partial charge >= 0.3 is 0 Å². The molecule has 0 spiro atoms. The first-order valence-electron chi connectivity index (χ1n) is 10.00. The highest BCUT2D eigenvalue weighted by Gasteiger charge is 2.40. The van der Waals surface area contributed by atoms with E-state index in [0.29, 0.717) is 37.9 Å². The zero-order valence-corrected chi connectivity index (χ0v) is 16.9. The van der Waals surface area contributed by atoms with Crippen molar-refractivity contribution in [2.24, 2.45) is 5.92 Å². The highest BCUT2D eigenvalue weighted by molar-refractivity contribution is 5.85. The first-order valence-corrected chi connectivity index (χ1v) is 10.00. The van der Waals surface area contributed by atoms with Crippen molar-refractivity contribution < 1.29 is 18.7 Å². The van der Waals surface area contributed by atoms with Gasteiger partial charge in [-0.1, -0.05) is 36.4 Å². The van der Waals surface area contributed by atoms with E-state index in [1.165, 1.54) is 6.07 Å². The van der Waals surface area contributed by atoms with E-state index in [4.69, 9.17) is 4.74 Å². The van der Waals surface area contributed by atoms with Gasteiger partial charge in [0.1, 0.15) is 11.6 Å². The minimum Gasteiger partial charge on any atom is -0.496 e. The number of methoxy groups -OCH3 is 1. The van der Waals surface area contributed by atoms with Crippen LogP contribution in [0.3, 0.4) is 0 Å². The van der Waals surface area contributed by atoms with E-state index in [1.807, 2.05) is 31.2 Å². The van der Waals surface area contributed by atoms with Gasteiger partial charge in [0.2, 0.25) is 11.8 Å². The lowest BCUT2D eigenvalue weighted by atomic mass is 9.83. The second-order valence-corrected chi connectivity index (χ2v) is 7.14. The molecule has 1 fully saturated rings. The Morgan fingerprint density at radius 2 is 1.93 bits per heavy atom. The molecule has 1 heterocycles. The smallest absolute Gasteiger partial charge is 0.225 e. The van der Waals surface area contributed by atoms with Crippen LogP contribution >= 0.6 is 0 Å². The summed E-state index contributed by atoms with van der Waals surface area (Å²) in [7, 11) is 1.62. The molecule has 2 amide bonds. The van der Waals surface area contributed by atoms with Gasteiger partial charge in [0.05, 0.1) is 19.1 Å². The van der Waals surface area contributed by atoms with E-state index in [9.17, 15) is 14.0 Å². The number of para-hydroxylation sites is 1. The van der Waals surface area contributed by atoms with Crippen LogP contribution in [-0.4, -0.2) is 36.9 Å². The Hall–Kier alpha value is -2.89. The van der Waals surface area contributed by atoms with Crippen LogP contribution in [0.4, 0.5) is 4.39 Å². The summed E-state index contributed by atoms with van der Waals surface area (Å²) in [6.07, 6.45) is 1.33. The molecule has 6 heteroatoms. The Balaban J connectivity index is 1.75. The fraction of sp³-hybridized carbons (Fsp3) is 0.391. The number of halogens is 1. The predicted molar refractivity (Wildman–Crippen MR) is 109 cm³/mol. The number of amides is 2. The summed E-state index contributed by atoms with van der Waals surface area (Å²) < 4.78 is 19.9. The van der Waals surface area contributed by atoms with E-state index in [-0.39, 0.29) is 11.8 Å². The number of piperidine rings is 1. The molecule has 0 saturated carbocycles. The van der Waals surface area contributed by atoms with Gasteiger partial charge in [0, 0.05) is 25.1 Å². The molecule has 1 saturated heterocycles. The first-order chi connectivity index (χ1) is 14.1. The number of nitrogens with one attached hydrogen (secondary N) is 1. The molecule has 5 nitrogen and oxygen atoms in total. The third-order valence-electron chi connectivity index (χ3n) is 5.49. The number of benzene rings is 2. The molecule has 3 rings (SSSR count). The third kappa shape index (κ3) is 4.58. The lowest BCUT2D eigenvalue weighted by molar-refractivity contribution is -0.143. The number of ether oxygens (including phenoxy) is 1. The minimum absolute atomic E-state index is 0.0428. The highest BCUT2D eigenvalue weighted by Crippen LogP contribution is 2.37. The molecule has 0 aromatic heterocycles. The maximum atomic E-state index is 14.5. The van der Waals surface area contributed by atoms with E-state index < -0.39 is 17.8 Å². The highest BCUT2D eigenvalue weighted by atomic mass is 19.1. The van der Waals surface area contributed by atoms with Crippen LogP contribution in [-0.2, 0) is 16.0 Å². The van der Waals surface area contributed by atoms with Crippen LogP contribution in [0.5, 0.6) is 5.75 Å². The van der Waals surface area contributed by atoms with Crippen molar-refractivity contribution in [1.29, 1.82) is 0 Å². The molecule has 2 atom stereocenters. The maximum absolute atomic E-state index is 14.5. The second kappa shape index (κ2) is 9.54. The lowest BCUT2D eigenvalue weighted by Gasteiger charge is -2.40. The van der Waals surface area contributed by atoms with Gasteiger partial charge in [0.25, 0.3) is 0 Å². The van der Waals surface area contributed by atoms with Crippen molar-refractivity contribution in [1.82, 2.24) is 10.2 Å². The van der Waals surface area contributed by atoms with Gasteiger partial charge in [-0.2, -0.15) is 0 Å². The second-order valence-electron chi connectivity index (χ2n) is 7.14. The average Bonchev–Trinajstić information content (AvgIpc) is 2.74. The van der Waals surface area contributed by atoms with Gasteiger partial charge in [-0.05, 0) is 37.5 Å². The number of carbonyl (C=O) groups excluding carboxylic acids is 2. The normalized spacial score (nSPS) is 19.1. The molecule has 2 aromatic carbocycles. The van der Waals surface area contributed by atoms with Gasteiger partial charge in [-0.3, -0.25) is 9.59 Å². The molecular formula is C23H27FN2O3. The minimum atomic E-state index is -0.589. The Morgan fingerprint density at radius 3 is 2.66 bits per heavy atom. The van der Waals surface area contributed by atoms with Crippen LogP contribution < -0.4 is 10.1 Å². The Bertz CT molecular complexity index is 871. The largest absolute Gasteiger partial charge is 0.496 e. The summed E-state index contributed by atoms with van der Waals surface area (Å²) in [4.78, 5) is 27.0. The quantitative estimate of drug-likeness (QED) is 0.777. The van der Waals surface area contributed by atoms with E-state index in [1.54, 1.807) is 30.2 Å². The predicted octanol–water partition coefficient (Wildman–Crippen LogP) is 3.49. The molecule has 1 N–H and O–H groups in total. The van der Waals surface area contributed by atoms with E-state index >= 15 is 0 Å². The van der Waals surface area contributed by atoms with Crippen LogP contribution in [0.2, 0.25) is 0 Å². The summed E-state index contributed by atoms with van der Waals surface area (Å²) in [6, 6.07) is 13.5. The monoisotopic (exact) mass is 398 g/mol. The molecule has 0 bridgehead atoms. The van der Waals surface area contributed by atoms with Crippen molar-refractivity contribution >= 4 is 11.8 Å². The van der Waals surface area contributed by atoms with Crippen molar-refractivity contribution in [3.63, 3.8) is 0 Å². The van der Waals surface area contributed by atoms with Crippen molar-refractivity contribution in [3.8, 4) is 5.75 Å². The number of hydrogen-bond donors (Lipinski definition) is 1. The molecule has 0 radical (unpaired) electrons. The fourth-order valence-corrected chi connectivity index (χ4v) is 4.06. The van der Waals surface area contributed by atoms with Gasteiger partial charge in [-0.15, -0.1) is 0 Å². The zero-order chi connectivity index (χ0) is 20.8. The van der Waals surface area contributed by atoms with Crippen LogP contribution in [0.25, 0.3) is 0 Å². The van der Waals surface area contributed by atoms with Crippen LogP contribution in [0.1, 0.15) is 36.9 Å². The summed E-state index contributed by atoms with van der Waals surface area (Å²) in [6.45, 7) is 2.73. The lowest BCUT2D eigenvalue weighted by Crippen LogP contribution is -2.48. The van der Waals surface area contributed by atoms with Gasteiger partial charge in [0.15, 0.2) is 0 Å². The van der Waals surface area contributed by atoms with E-state index in [0.717, 1.165) is 11.3 Å². The third-order valence-corrected chi connectivity index (χ3v) is 5.49. The molecule has 1 aliphatic heterocycles. The number of carbonyl (C=O) groups is 2. The first kappa shape index (κ1) is 20.8. The summed E-state index contributed by atoms with van der Waals surface area (Å²) in [5.41, 5.74) is 1.40. The van der Waals surface area contributed by atoms with Gasteiger partial charge < -0.3 is 15.0 Å². The Morgan fingerprint density at radius 1 is 1.21 bits per heavy atom. The Labute approximate surface area is 170 Å². The Kier molecular flexibility index (Phi) is 6.86. The van der Waals surface area contributed by atoms with Gasteiger partial charge in [-0.25, -0.2) is 4.39 Å². The molecule has 29 heavy (non-hydrogen) atoms. The molecule has 2 aromatic rings. The molecular weight excluding hydrogens is 371 g/mol. The molecule has 1 aliphatic rings. The molecule has 0 aliphatic carbocycles. The summed E-state index contributed by atoms with van der Waals surface area (Å²) in [5, 5.41) is 2.98. The summed E-state index contributed by atoms with van der Waals surface area (Å²) >= 11 is 0. The van der Waals surface area contributed by atoms with Crippen LogP contribution in [0.15, 0.2) is 48.5 Å². The number of nitrogens with zero attached hydrogens (tertiary/aromatic N) is 1. The summed E-state index contributed by atoms with van der Waals surface area (Å²) in [5.74, 6) is -0.288. The number of likely N-dealkylation sites (tertiary alicyclic amines) is 1. The van der Waals surface area contributed by atoms with E-state index in [2.05, 4.69) is 5.32 Å². The average molecular weight is 398 g/mol. The van der Waals surface area contributed by atoms with Crippen LogP contribution in [0, 0.1) is 11.7 Å². The maximum Gasteiger partial charge on any atom is 0.225 e. The molecule has 154 valence electrons. The topological polar surface area (TPSA) is 58.6 Å². The fourth-order valence-electron chi connectivity index (χ4n) is 4.06. The van der Waals surface area contributed by atoms with Crippen molar-refractivity contribution in [2.75, 3.05) is 20.2 Å². The zero-order valence-electron chi connectivity index (χ0n) is 16.9. The SMILES string of the molecule is CCN1C(=O)CC[C@@H](C(=O)NCCc2ccccc2OC)[C@@H]1c1ccccc1F. The standard InChI is InChI=1S/C23H27FN2O3/c1-3-26-21(27)13-12-18(22(26)17-9-5-6-10-19(17)24)23(28)25-15-14-16-8-4-7-11-20(16)29-2/h4-11,18,22H,3,12-15H2,1-2H3,(H,25,28)/t18-,22+/m1/s1. The molecule has 0 unspecified atom stereocenters.